The van der Waals surface area contributed by atoms with Crippen LogP contribution in [0.5, 0.6) is 0 Å². The molecule has 21 heavy (non-hydrogen) atoms. The summed E-state index contributed by atoms with van der Waals surface area (Å²) in [6, 6.07) is 0. The number of allylic oxidation sites excluding steroid dienone is 1. The zero-order valence-corrected chi connectivity index (χ0v) is 13.3. The lowest BCUT2D eigenvalue weighted by molar-refractivity contribution is -0.118. The molecule has 0 spiro atoms. The Morgan fingerprint density at radius 1 is 1.14 bits per heavy atom. The van der Waals surface area contributed by atoms with Crippen molar-refractivity contribution in [2.45, 2.75) is 71.4 Å². The molecule has 6 atom stereocenters. The first-order valence-corrected chi connectivity index (χ1v) is 8.83. The van der Waals surface area contributed by atoms with Crippen LogP contribution in [0.4, 0.5) is 4.39 Å². The first-order valence-electron chi connectivity index (χ1n) is 8.83. The number of hydrogen-bond acceptors (Lipinski definition) is 1. The Bertz CT molecular complexity index is 510. The van der Waals surface area contributed by atoms with E-state index in [1.54, 1.807) is 6.08 Å². The van der Waals surface area contributed by atoms with E-state index in [1.807, 2.05) is 0 Å². The van der Waals surface area contributed by atoms with Crippen LogP contribution in [0.3, 0.4) is 0 Å². The SMILES string of the molecule is C[C@@]12CCC[C@H]1[C@@H]1CC(F)C3=CC(=O)CC[C@]3(C)[C@@H]1CC2. The summed E-state index contributed by atoms with van der Waals surface area (Å²) in [5.74, 6) is 2.03. The van der Waals surface area contributed by atoms with Crippen molar-refractivity contribution in [3.8, 4) is 0 Å². The average Bonchev–Trinajstić information content (AvgIpc) is 2.83. The van der Waals surface area contributed by atoms with Crippen molar-refractivity contribution in [2.24, 2.45) is 28.6 Å². The first-order chi connectivity index (χ1) is 9.94. The average molecular weight is 290 g/mol. The maximum Gasteiger partial charge on any atom is 0.155 e. The number of alkyl halides is 1. The molecule has 0 aromatic rings. The van der Waals surface area contributed by atoms with Gasteiger partial charge in [-0.25, -0.2) is 4.39 Å². The summed E-state index contributed by atoms with van der Waals surface area (Å²) < 4.78 is 14.9. The Hall–Kier alpha value is -0.660. The van der Waals surface area contributed by atoms with Crippen LogP contribution in [-0.4, -0.2) is 12.0 Å². The Balaban J connectivity index is 1.73. The van der Waals surface area contributed by atoms with Crippen molar-refractivity contribution < 1.29 is 9.18 Å². The van der Waals surface area contributed by atoms with Crippen LogP contribution in [0.15, 0.2) is 11.6 Å². The van der Waals surface area contributed by atoms with E-state index in [0.29, 0.717) is 30.1 Å². The molecule has 0 N–H and O–H groups in total. The normalized spacial score (nSPS) is 52.7. The smallest absolute Gasteiger partial charge is 0.155 e. The highest BCUT2D eigenvalue weighted by molar-refractivity contribution is 5.91. The van der Waals surface area contributed by atoms with Gasteiger partial charge < -0.3 is 0 Å². The molecule has 0 aliphatic heterocycles. The number of halogens is 1. The lowest BCUT2D eigenvalue weighted by Gasteiger charge is -2.58. The standard InChI is InChI=1S/C19H27FO/c1-18-7-3-4-14(18)13-11-17(20)16-10-12(21)5-9-19(16,2)15(13)6-8-18/h10,13-15,17H,3-9,11H2,1-2H3/t13-,14-,15+,17?,18-,19+/m0/s1. The lowest BCUT2D eigenvalue weighted by atomic mass is 9.47. The van der Waals surface area contributed by atoms with Crippen molar-refractivity contribution >= 4 is 5.78 Å². The zero-order chi connectivity index (χ0) is 14.8. The van der Waals surface area contributed by atoms with E-state index in [9.17, 15) is 9.18 Å². The molecule has 1 unspecified atom stereocenters. The zero-order valence-electron chi connectivity index (χ0n) is 13.3. The molecule has 4 aliphatic rings. The van der Waals surface area contributed by atoms with Gasteiger partial charge in [0.1, 0.15) is 6.17 Å². The van der Waals surface area contributed by atoms with Gasteiger partial charge in [-0.2, -0.15) is 0 Å². The number of hydrogen-bond donors (Lipinski definition) is 0. The largest absolute Gasteiger partial charge is 0.295 e. The summed E-state index contributed by atoms with van der Waals surface area (Å²) in [5, 5.41) is 0. The number of carbonyl (C=O) groups is 1. The minimum Gasteiger partial charge on any atom is -0.295 e. The number of rotatable bonds is 0. The van der Waals surface area contributed by atoms with Crippen LogP contribution in [0, 0.1) is 28.6 Å². The van der Waals surface area contributed by atoms with Gasteiger partial charge in [-0.3, -0.25) is 4.79 Å². The topological polar surface area (TPSA) is 17.1 Å². The number of carbonyl (C=O) groups excluding carboxylic acids is 1. The van der Waals surface area contributed by atoms with Crippen LogP contribution in [0.2, 0.25) is 0 Å². The predicted molar refractivity (Wildman–Crippen MR) is 81.6 cm³/mol. The second-order valence-corrected chi connectivity index (χ2v) is 8.65. The molecule has 3 fully saturated rings. The monoisotopic (exact) mass is 290 g/mol. The predicted octanol–water partition coefficient (Wildman–Crippen LogP) is 4.86. The second-order valence-electron chi connectivity index (χ2n) is 8.65. The fourth-order valence-electron chi connectivity index (χ4n) is 6.55. The molecule has 3 saturated carbocycles. The molecule has 4 rings (SSSR count). The highest BCUT2D eigenvalue weighted by Gasteiger charge is 2.58. The maximum atomic E-state index is 14.9. The molecule has 2 heteroatoms. The molecular formula is C19H27FO. The maximum absolute atomic E-state index is 14.9. The van der Waals surface area contributed by atoms with Crippen molar-refractivity contribution in [2.75, 3.05) is 0 Å². The third-order valence-corrected chi connectivity index (χ3v) is 7.72. The molecule has 0 saturated heterocycles. The molecule has 116 valence electrons. The van der Waals surface area contributed by atoms with E-state index in [2.05, 4.69) is 13.8 Å². The van der Waals surface area contributed by atoms with Crippen molar-refractivity contribution in [3.05, 3.63) is 11.6 Å². The van der Waals surface area contributed by atoms with E-state index in [0.717, 1.165) is 17.9 Å². The van der Waals surface area contributed by atoms with Crippen LogP contribution in [-0.2, 0) is 4.79 Å². The molecule has 4 aliphatic carbocycles. The number of ketones is 1. The summed E-state index contributed by atoms with van der Waals surface area (Å²) in [7, 11) is 0. The van der Waals surface area contributed by atoms with E-state index in [4.69, 9.17) is 0 Å². The van der Waals surface area contributed by atoms with Gasteiger partial charge >= 0.3 is 0 Å². The van der Waals surface area contributed by atoms with Crippen LogP contribution >= 0.6 is 0 Å². The van der Waals surface area contributed by atoms with E-state index < -0.39 is 6.17 Å². The molecule has 0 aromatic heterocycles. The molecule has 0 amide bonds. The van der Waals surface area contributed by atoms with Crippen LogP contribution in [0.25, 0.3) is 0 Å². The molecule has 0 aromatic carbocycles. The summed E-state index contributed by atoms with van der Waals surface area (Å²) in [5.41, 5.74) is 1.28. The molecule has 0 radical (unpaired) electrons. The molecular weight excluding hydrogens is 263 g/mol. The van der Waals surface area contributed by atoms with Gasteiger partial charge in [0.15, 0.2) is 5.78 Å². The summed E-state index contributed by atoms with van der Waals surface area (Å²) in [6.07, 6.45) is 9.52. The van der Waals surface area contributed by atoms with Crippen molar-refractivity contribution in [1.82, 2.24) is 0 Å². The van der Waals surface area contributed by atoms with Crippen molar-refractivity contribution in [3.63, 3.8) is 0 Å². The highest BCUT2D eigenvalue weighted by Crippen LogP contribution is 2.65. The molecule has 0 bridgehead atoms. The van der Waals surface area contributed by atoms with Gasteiger partial charge in [0.2, 0.25) is 0 Å². The summed E-state index contributed by atoms with van der Waals surface area (Å²) in [6.45, 7) is 4.71. The third kappa shape index (κ3) is 1.83. The van der Waals surface area contributed by atoms with Gasteiger partial charge in [-0.15, -0.1) is 0 Å². The number of fused-ring (bicyclic) bond motifs is 5. The van der Waals surface area contributed by atoms with E-state index in [1.165, 1.54) is 32.1 Å². The van der Waals surface area contributed by atoms with Gasteiger partial charge in [0, 0.05) is 6.42 Å². The first kappa shape index (κ1) is 14.0. The second kappa shape index (κ2) is 4.43. The van der Waals surface area contributed by atoms with Gasteiger partial charge in [0.05, 0.1) is 0 Å². The van der Waals surface area contributed by atoms with Crippen LogP contribution in [0.1, 0.15) is 65.2 Å². The Kier molecular flexibility index (Phi) is 2.94. The fraction of sp³-hybridized carbons (Fsp3) is 0.842. The van der Waals surface area contributed by atoms with Crippen molar-refractivity contribution in [1.29, 1.82) is 0 Å². The summed E-state index contributed by atoms with van der Waals surface area (Å²) in [4.78, 5) is 11.8. The minimum atomic E-state index is -0.872. The van der Waals surface area contributed by atoms with E-state index >= 15 is 0 Å². The quantitative estimate of drug-likeness (QED) is 0.623. The van der Waals surface area contributed by atoms with E-state index in [-0.39, 0.29) is 11.2 Å². The summed E-state index contributed by atoms with van der Waals surface area (Å²) >= 11 is 0. The minimum absolute atomic E-state index is 0.0415. The van der Waals surface area contributed by atoms with Gasteiger partial charge in [-0.1, -0.05) is 20.3 Å². The lowest BCUT2D eigenvalue weighted by Crippen LogP contribution is -2.52. The van der Waals surface area contributed by atoms with Gasteiger partial charge in [-0.05, 0) is 78.8 Å². The van der Waals surface area contributed by atoms with Crippen LogP contribution < -0.4 is 0 Å². The van der Waals surface area contributed by atoms with Gasteiger partial charge in [0.25, 0.3) is 0 Å². The Morgan fingerprint density at radius 3 is 2.76 bits per heavy atom. The highest BCUT2D eigenvalue weighted by atomic mass is 19.1. The fourth-order valence-corrected chi connectivity index (χ4v) is 6.55. The molecule has 0 heterocycles. The molecule has 1 nitrogen and oxygen atoms in total. The Morgan fingerprint density at radius 2 is 1.95 bits per heavy atom. The Labute approximate surface area is 127 Å². The third-order valence-electron chi connectivity index (χ3n) is 7.72.